The summed E-state index contributed by atoms with van der Waals surface area (Å²) in [7, 11) is 1.56. The van der Waals surface area contributed by atoms with E-state index in [4.69, 9.17) is 9.84 Å². The highest BCUT2D eigenvalue weighted by Gasteiger charge is 2.44. The lowest BCUT2D eigenvalue weighted by atomic mass is 9.79. The van der Waals surface area contributed by atoms with Gasteiger partial charge in [-0.3, -0.25) is 9.59 Å². The summed E-state index contributed by atoms with van der Waals surface area (Å²) < 4.78 is 5.33. The summed E-state index contributed by atoms with van der Waals surface area (Å²) in [5, 5.41) is 11.8. The van der Waals surface area contributed by atoms with Crippen LogP contribution in [0.3, 0.4) is 0 Å². The fourth-order valence-corrected chi connectivity index (χ4v) is 2.43. The van der Waals surface area contributed by atoms with Crippen LogP contribution in [0.25, 0.3) is 0 Å². The number of ether oxygens (including phenoxy) is 1. The zero-order valence-electron chi connectivity index (χ0n) is 12.4. The Morgan fingerprint density at radius 2 is 1.95 bits per heavy atom. The van der Waals surface area contributed by atoms with Crippen LogP contribution < -0.4 is 5.32 Å². The maximum Gasteiger partial charge on any atom is 0.306 e. The number of hydrogen-bond donors (Lipinski definition) is 2. The number of rotatable bonds is 6. The number of nitrogens with one attached hydrogen (secondary N) is 1. The van der Waals surface area contributed by atoms with Crippen molar-refractivity contribution < 1.29 is 19.4 Å². The summed E-state index contributed by atoms with van der Waals surface area (Å²) in [5.41, 5.74) is 0.972. The van der Waals surface area contributed by atoms with Crippen molar-refractivity contribution in [2.75, 3.05) is 12.4 Å². The molecule has 0 saturated heterocycles. The molecule has 21 heavy (non-hydrogen) atoms. The number of amides is 1. The van der Waals surface area contributed by atoms with Gasteiger partial charge in [-0.1, -0.05) is 19.1 Å². The molecule has 114 valence electrons. The number of aliphatic carboxylic acids is 1. The predicted octanol–water partition coefficient (Wildman–Crippen LogP) is 2.46. The second-order valence-electron chi connectivity index (χ2n) is 5.65. The zero-order valence-corrected chi connectivity index (χ0v) is 12.4. The molecule has 0 heterocycles. The van der Waals surface area contributed by atoms with Gasteiger partial charge in [0.25, 0.3) is 5.91 Å². The first-order chi connectivity index (χ1) is 9.97. The van der Waals surface area contributed by atoms with Gasteiger partial charge in [-0.15, -0.1) is 0 Å². The van der Waals surface area contributed by atoms with Crippen LogP contribution in [-0.4, -0.2) is 29.7 Å². The molecule has 2 rings (SSSR count). The number of carboxylic acid groups (broad SMARTS) is 1. The van der Waals surface area contributed by atoms with Crippen molar-refractivity contribution in [3.05, 3.63) is 29.8 Å². The monoisotopic (exact) mass is 291 g/mol. The number of benzene rings is 1. The minimum atomic E-state index is -0.806. The van der Waals surface area contributed by atoms with Crippen LogP contribution in [0, 0.1) is 5.92 Å². The van der Waals surface area contributed by atoms with Crippen LogP contribution in [0.1, 0.15) is 31.7 Å². The molecular formula is C16H21NO4. The van der Waals surface area contributed by atoms with Crippen molar-refractivity contribution in [1.29, 1.82) is 0 Å². The minimum Gasteiger partial charge on any atom is -0.481 e. The van der Waals surface area contributed by atoms with Gasteiger partial charge in [-0.25, -0.2) is 0 Å². The molecule has 5 nitrogen and oxygen atoms in total. The highest BCUT2D eigenvalue weighted by atomic mass is 16.5. The molecule has 1 fully saturated rings. The lowest BCUT2D eigenvalue weighted by Gasteiger charge is -2.38. The average molecular weight is 291 g/mol. The first-order valence-electron chi connectivity index (χ1n) is 7.15. The molecule has 1 aliphatic carbocycles. The largest absolute Gasteiger partial charge is 0.481 e. The van der Waals surface area contributed by atoms with Crippen molar-refractivity contribution >= 4 is 17.6 Å². The molecule has 1 aliphatic rings. The number of anilines is 1. The molecule has 1 aromatic rings. The van der Waals surface area contributed by atoms with E-state index in [0.717, 1.165) is 24.8 Å². The van der Waals surface area contributed by atoms with Gasteiger partial charge in [0.2, 0.25) is 0 Å². The van der Waals surface area contributed by atoms with Crippen LogP contribution in [0.2, 0.25) is 0 Å². The second-order valence-corrected chi connectivity index (χ2v) is 5.65. The van der Waals surface area contributed by atoms with Crippen molar-refractivity contribution in [3.8, 4) is 0 Å². The van der Waals surface area contributed by atoms with Crippen molar-refractivity contribution in [3.63, 3.8) is 0 Å². The Labute approximate surface area is 124 Å². The Balaban J connectivity index is 1.96. The first-order valence-corrected chi connectivity index (χ1v) is 7.15. The summed E-state index contributed by atoms with van der Waals surface area (Å²) >= 11 is 0. The summed E-state index contributed by atoms with van der Waals surface area (Å²) in [6.07, 6.45) is 2.99. The maximum atomic E-state index is 12.2. The topological polar surface area (TPSA) is 75.6 Å². The molecular weight excluding hydrogens is 270 g/mol. The number of carbonyl (C=O) groups excluding carboxylic acids is 1. The first kappa shape index (κ1) is 15.5. The van der Waals surface area contributed by atoms with E-state index < -0.39 is 17.5 Å². The zero-order chi connectivity index (χ0) is 15.5. The highest BCUT2D eigenvalue weighted by molar-refractivity contribution is 5.98. The quantitative estimate of drug-likeness (QED) is 0.844. The van der Waals surface area contributed by atoms with Crippen molar-refractivity contribution in [1.82, 2.24) is 0 Å². The van der Waals surface area contributed by atoms with Gasteiger partial charge in [0.15, 0.2) is 0 Å². The smallest absolute Gasteiger partial charge is 0.306 e. The maximum absolute atomic E-state index is 12.2. The Hall–Kier alpha value is -1.88. The van der Waals surface area contributed by atoms with Crippen LogP contribution in [0.4, 0.5) is 5.69 Å². The molecule has 5 heteroatoms. The number of hydrogen-bond acceptors (Lipinski definition) is 3. The number of carboxylic acids is 1. The molecule has 1 saturated carbocycles. The van der Waals surface area contributed by atoms with Crippen molar-refractivity contribution in [2.24, 2.45) is 5.92 Å². The molecule has 1 amide bonds. The van der Waals surface area contributed by atoms with E-state index in [1.54, 1.807) is 26.2 Å². The Bertz CT molecular complexity index is 514. The van der Waals surface area contributed by atoms with Gasteiger partial charge in [-0.2, -0.15) is 0 Å². The second kappa shape index (κ2) is 6.26. The minimum absolute atomic E-state index is 0.108. The van der Waals surface area contributed by atoms with Crippen LogP contribution >= 0.6 is 0 Å². The molecule has 2 N–H and O–H groups in total. The molecule has 0 radical (unpaired) electrons. The van der Waals surface area contributed by atoms with E-state index in [1.165, 1.54) is 0 Å². The molecule has 0 aromatic heterocycles. The third kappa shape index (κ3) is 3.42. The number of carbonyl (C=O) groups is 2. The van der Waals surface area contributed by atoms with Crippen LogP contribution in [0.15, 0.2) is 24.3 Å². The van der Waals surface area contributed by atoms with E-state index in [0.29, 0.717) is 12.1 Å². The van der Waals surface area contributed by atoms with E-state index in [-0.39, 0.29) is 5.91 Å². The lowest BCUT2D eigenvalue weighted by Crippen LogP contribution is -2.50. The van der Waals surface area contributed by atoms with Crippen LogP contribution in [-0.2, 0) is 20.7 Å². The molecule has 0 bridgehead atoms. The Morgan fingerprint density at radius 3 is 2.38 bits per heavy atom. The fraction of sp³-hybridized carbons (Fsp3) is 0.500. The predicted molar refractivity (Wildman–Crippen MR) is 79.2 cm³/mol. The van der Waals surface area contributed by atoms with Gasteiger partial charge < -0.3 is 15.2 Å². The summed E-state index contributed by atoms with van der Waals surface area (Å²) in [6, 6.07) is 7.28. The van der Waals surface area contributed by atoms with E-state index in [1.807, 2.05) is 12.1 Å². The third-order valence-corrected chi connectivity index (χ3v) is 4.14. The summed E-state index contributed by atoms with van der Waals surface area (Å²) in [4.78, 5) is 23.0. The Kier molecular flexibility index (Phi) is 4.63. The molecule has 0 spiro atoms. The normalized spacial score (nSPS) is 17.6. The molecule has 0 aliphatic heterocycles. The van der Waals surface area contributed by atoms with Gasteiger partial charge in [-0.05, 0) is 43.4 Å². The van der Waals surface area contributed by atoms with Crippen molar-refractivity contribution in [2.45, 2.75) is 38.2 Å². The van der Waals surface area contributed by atoms with E-state index in [2.05, 4.69) is 5.32 Å². The van der Waals surface area contributed by atoms with E-state index >= 15 is 0 Å². The molecule has 1 aromatic carbocycles. The Morgan fingerprint density at radius 1 is 1.33 bits per heavy atom. The lowest BCUT2D eigenvalue weighted by molar-refractivity contribution is -0.148. The SMILES string of the molecule is COC1(C(=O)Nc2ccc(C[C@@H](C)C(=O)O)cc2)CCC1. The van der Waals surface area contributed by atoms with Crippen LogP contribution in [0.5, 0.6) is 0 Å². The van der Waals surface area contributed by atoms with Gasteiger partial charge in [0.1, 0.15) is 5.60 Å². The molecule has 1 atom stereocenters. The van der Waals surface area contributed by atoms with E-state index in [9.17, 15) is 9.59 Å². The van der Waals surface area contributed by atoms with Gasteiger partial charge in [0.05, 0.1) is 5.92 Å². The average Bonchev–Trinajstić information content (AvgIpc) is 2.40. The summed E-state index contributed by atoms with van der Waals surface area (Å²) in [5.74, 6) is -1.33. The van der Waals surface area contributed by atoms with Gasteiger partial charge >= 0.3 is 5.97 Å². The van der Waals surface area contributed by atoms with Gasteiger partial charge in [0, 0.05) is 12.8 Å². The fourth-order valence-electron chi connectivity index (χ4n) is 2.43. The standard InChI is InChI=1S/C16H21NO4/c1-11(14(18)19)10-12-4-6-13(7-5-12)17-15(20)16(21-2)8-3-9-16/h4-7,11H,3,8-10H2,1-2H3,(H,17,20)(H,18,19)/t11-/m1/s1. The number of methoxy groups -OCH3 is 1. The summed E-state index contributed by atoms with van der Waals surface area (Å²) in [6.45, 7) is 1.68. The third-order valence-electron chi connectivity index (χ3n) is 4.14. The highest BCUT2D eigenvalue weighted by Crippen LogP contribution is 2.36. The molecule has 0 unspecified atom stereocenters.